The van der Waals surface area contributed by atoms with Crippen LogP contribution in [0.3, 0.4) is 0 Å². The van der Waals surface area contributed by atoms with Crippen LogP contribution in [-0.4, -0.2) is 27.2 Å². The zero-order valence-corrected chi connectivity index (χ0v) is 16.5. The van der Waals surface area contributed by atoms with Crippen molar-refractivity contribution < 1.29 is 8.42 Å². The molecule has 0 atom stereocenters. The summed E-state index contributed by atoms with van der Waals surface area (Å²) in [7, 11) is 1.54. The quantitative estimate of drug-likeness (QED) is 0.419. The van der Waals surface area contributed by atoms with Gasteiger partial charge in [-0.15, -0.1) is 0 Å². The van der Waals surface area contributed by atoms with E-state index in [-0.39, 0.29) is 4.90 Å². The highest BCUT2D eigenvalue weighted by atomic mass is 79.9. The molecule has 4 aromatic heterocycles. The first-order valence-electron chi connectivity index (χ1n) is 7.23. The van der Waals surface area contributed by atoms with Gasteiger partial charge in [-0.1, -0.05) is 0 Å². The van der Waals surface area contributed by atoms with Gasteiger partial charge in [0.1, 0.15) is 11.3 Å². The number of nitrogens with zero attached hydrogens (tertiary/aromatic N) is 4. The Hall–Kier alpha value is -1.90. The first-order valence-corrected chi connectivity index (χ1v) is 10.3. The van der Waals surface area contributed by atoms with E-state index >= 15 is 0 Å². The molecular formula is C16H14BrClN4O2S. The summed E-state index contributed by atoms with van der Waals surface area (Å²) in [5.41, 5.74) is 3.56. The molecule has 0 radical (unpaired) electrons. The Morgan fingerprint density at radius 3 is 1.96 bits per heavy atom. The van der Waals surface area contributed by atoms with Gasteiger partial charge in [-0.3, -0.25) is 0 Å². The van der Waals surface area contributed by atoms with Gasteiger partial charge < -0.3 is 8.80 Å². The molecule has 0 amide bonds. The molecule has 0 aromatic carbocycles. The van der Waals surface area contributed by atoms with E-state index in [1.54, 1.807) is 16.7 Å². The van der Waals surface area contributed by atoms with Gasteiger partial charge in [-0.2, -0.15) is 0 Å². The minimum absolute atomic E-state index is 0.0732. The monoisotopic (exact) mass is 440 g/mol. The third kappa shape index (κ3) is 4.20. The molecule has 0 aliphatic carbocycles. The second-order valence-corrected chi connectivity index (χ2v) is 8.93. The number of hydrogen-bond donors (Lipinski definition) is 0. The van der Waals surface area contributed by atoms with Crippen LogP contribution in [0.5, 0.6) is 0 Å². The fraction of sp³-hybridized carbons (Fsp3) is 0.125. The molecule has 0 aliphatic rings. The van der Waals surface area contributed by atoms with E-state index in [1.807, 2.05) is 42.8 Å². The number of aromatic nitrogens is 4. The van der Waals surface area contributed by atoms with Gasteiger partial charge in [0.05, 0.1) is 16.3 Å². The summed E-state index contributed by atoms with van der Waals surface area (Å²) >= 11 is 3.39. The molecular weight excluding hydrogens is 428 g/mol. The third-order valence-corrected chi connectivity index (χ3v) is 5.17. The van der Waals surface area contributed by atoms with Crippen molar-refractivity contribution in [2.75, 3.05) is 0 Å². The lowest BCUT2D eigenvalue weighted by Gasteiger charge is -1.96. The maximum Gasteiger partial charge on any atom is 0.262 e. The number of rotatable bonds is 1. The molecule has 0 fully saturated rings. The Kier molecular flexibility index (Phi) is 4.86. The van der Waals surface area contributed by atoms with Crippen LogP contribution in [0.4, 0.5) is 0 Å². The minimum atomic E-state index is -3.66. The average molecular weight is 442 g/mol. The highest BCUT2D eigenvalue weighted by Crippen LogP contribution is 2.16. The Morgan fingerprint density at radius 1 is 0.880 bits per heavy atom. The Balaban J connectivity index is 0.000000150. The normalized spacial score (nSPS) is 11.5. The number of hydrogen-bond acceptors (Lipinski definition) is 4. The zero-order valence-electron chi connectivity index (χ0n) is 13.4. The van der Waals surface area contributed by atoms with E-state index in [9.17, 15) is 8.42 Å². The van der Waals surface area contributed by atoms with Gasteiger partial charge in [0.25, 0.3) is 9.05 Å². The molecule has 0 unspecified atom stereocenters. The number of halogens is 2. The van der Waals surface area contributed by atoms with Gasteiger partial charge in [-0.05, 0) is 54.0 Å². The van der Waals surface area contributed by atoms with Crippen molar-refractivity contribution in [2.24, 2.45) is 0 Å². The van der Waals surface area contributed by atoms with Crippen molar-refractivity contribution in [1.29, 1.82) is 0 Å². The Labute approximate surface area is 157 Å². The average Bonchev–Trinajstić information content (AvgIpc) is 3.06. The highest BCUT2D eigenvalue weighted by Gasteiger charge is 2.10. The maximum atomic E-state index is 11.0. The molecule has 0 aliphatic heterocycles. The summed E-state index contributed by atoms with van der Waals surface area (Å²) in [6.45, 7) is 3.82. The lowest BCUT2D eigenvalue weighted by molar-refractivity contribution is 0.609. The Morgan fingerprint density at radius 2 is 1.40 bits per heavy atom. The fourth-order valence-electron chi connectivity index (χ4n) is 2.33. The van der Waals surface area contributed by atoms with E-state index in [0.29, 0.717) is 5.65 Å². The van der Waals surface area contributed by atoms with E-state index < -0.39 is 9.05 Å². The van der Waals surface area contributed by atoms with Gasteiger partial charge in [-0.25, -0.2) is 18.4 Å². The number of aryl methyl sites for hydroxylation is 2. The maximum absolute atomic E-state index is 11.0. The molecule has 0 saturated heterocycles. The van der Waals surface area contributed by atoms with Crippen LogP contribution in [0.15, 0.2) is 58.4 Å². The smallest absolute Gasteiger partial charge is 0.262 e. The Bertz CT molecular complexity index is 1170. The lowest BCUT2D eigenvalue weighted by Crippen LogP contribution is -1.93. The second kappa shape index (κ2) is 6.78. The molecule has 0 bridgehead atoms. The van der Waals surface area contributed by atoms with Crippen LogP contribution in [0, 0.1) is 13.8 Å². The largest absolute Gasteiger partial charge is 0.306 e. The van der Waals surface area contributed by atoms with Crippen molar-refractivity contribution in [3.8, 4) is 0 Å². The summed E-state index contributed by atoms with van der Waals surface area (Å²) in [5, 5.41) is 0. The van der Waals surface area contributed by atoms with Gasteiger partial charge >= 0.3 is 0 Å². The molecule has 25 heavy (non-hydrogen) atoms. The number of fused-ring (bicyclic) bond motifs is 2. The van der Waals surface area contributed by atoms with Crippen LogP contribution in [-0.2, 0) is 9.05 Å². The van der Waals surface area contributed by atoms with E-state index in [0.717, 1.165) is 21.5 Å². The number of pyridine rings is 2. The van der Waals surface area contributed by atoms with Crippen LogP contribution in [0.25, 0.3) is 11.3 Å². The summed E-state index contributed by atoms with van der Waals surface area (Å²) in [6.07, 6.45) is 7.17. The minimum Gasteiger partial charge on any atom is -0.306 e. The standard InChI is InChI=1S/C8H7BrN2.C8H7ClN2O2S/c1-6-4-11-5-7(9)2-3-8(11)10-6;1-6-4-11-5-7(14(9,12)13)2-3-8(11)10-6/h2-5H,1H3;2-5H,1H3. The summed E-state index contributed by atoms with van der Waals surface area (Å²) < 4.78 is 26.7. The molecule has 130 valence electrons. The second-order valence-electron chi connectivity index (χ2n) is 5.45. The van der Waals surface area contributed by atoms with Crippen molar-refractivity contribution in [3.05, 3.63) is 64.9 Å². The first-order chi connectivity index (χ1) is 11.7. The van der Waals surface area contributed by atoms with Crippen molar-refractivity contribution in [3.63, 3.8) is 0 Å². The highest BCUT2D eigenvalue weighted by molar-refractivity contribution is 9.10. The van der Waals surface area contributed by atoms with E-state index in [1.165, 1.54) is 12.3 Å². The summed E-state index contributed by atoms with van der Waals surface area (Å²) in [4.78, 5) is 8.53. The topological polar surface area (TPSA) is 68.7 Å². The van der Waals surface area contributed by atoms with Gasteiger partial charge in [0, 0.05) is 39.9 Å². The molecule has 0 spiro atoms. The molecule has 4 heterocycles. The molecule has 4 aromatic rings. The van der Waals surface area contributed by atoms with E-state index in [2.05, 4.69) is 25.9 Å². The zero-order chi connectivity index (χ0) is 18.2. The van der Waals surface area contributed by atoms with Crippen molar-refractivity contribution in [1.82, 2.24) is 18.8 Å². The van der Waals surface area contributed by atoms with Crippen molar-refractivity contribution in [2.45, 2.75) is 18.7 Å². The van der Waals surface area contributed by atoms with Gasteiger partial charge in [0.2, 0.25) is 0 Å². The summed E-state index contributed by atoms with van der Waals surface area (Å²) in [6, 6.07) is 7.02. The third-order valence-electron chi connectivity index (χ3n) is 3.36. The van der Waals surface area contributed by atoms with E-state index in [4.69, 9.17) is 10.7 Å². The SMILES string of the molecule is Cc1cn2cc(Br)ccc2n1.Cc1cn2cc(S(=O)(=O)Cl)ccc2n1. The van der Waals surface area contributed by atoms with Crippen LogP contribution >= 0.6 is 26.6 Å². The van der Waals surface area contributed by atoms with Crippen LogP contribution in [0.1, 0.15) is 11.4 Å². The summed E-state index contributed by atoms with van der Waals surface area (Å²) in [5.74, 6) is 0. The molecule has 4 rings (SSSR count). The predicted octanol–water partition coefficient (Wildman–Crippen LogP) is 3.98. The number of imidazole rings is 2. The molecule has 9 heteroatoms. The lowest BCUT2D eigenvalue weighted by atomic mass is 10.5. The predicted molar refractivity (Wildman–Crippen MR) is 101 cm³/mol. The van der Waals surface area contributed by atoms with Crippen molar-refractivity contribution >= 4 is 47.0 Å². The van der Waals surface area contributed by atoms with Gasteiger partial charge in [0.15, 0.2) is 0 Å². The first kappa shape index (κ1) is 17.9. The molecule has 0 saturated carbocycles. The fourth-order valence-corrected chi connectivity index (χ4v) is 3.43. The molecule has 6 nitrogen and oxygen atoms in total. The molecule has 0 N–H and O–H groups in total. The van der Waals surface area contributed by atoms with Crippen LogP contribution in [0.2, 0.25) is 0 Å². The van der Waals surface area contributed by atoms with Crippen LogP contribution < -0.4 is 0 Å².